The third kappa shape index (κ3) is 3.43. The maximum Gasteiger partial charge on any atom is 0.263 e. The lowest BCUT2D eigenvalue weighted by Gasteiger charge is -2.16. The second-order valence-corrected chi connectivity index (χ2v) is 7.59. The van der Waals surface area contributed by atoms with Gasteiger partial charge in [-0.3, -0.25) is 18.7 Å². The Kier molecular flexibility index (Phi) is 5.03. The highest BCUT2D eigenvalue weighted by molar-refractivity contribution is 5.83. The summed E-state index contributed by atoms with van der Waals surface area (Å²) in [5.74, 6) is 0.496. The highest BCUT2D eigenvalue weighted by atomic mass is 16.3. The van der Waals surface area contributed by atoms with Gasteiger partial charge in [0.2, 0.25) is 5.91 Å². The monoisotopic (exact) mass is 404 g/mol. The molecule has 7 nitrogen and oxygen atoms in total. The molecule has 0 N–H and O–H groups in total. The van der Waals surface area contributed by atoms with Crippen LogP contribution in [0.1, 0.15) is 22.6 Å². The fourth-order valence-electron chi connectivity index (χ4n) is 3.60. The Labute approximate surface area is 174 Å². The van der Waals surface area contributed by atoms with Crippen molar-refractivity contribution in [2.75, 3.05) is 7.05 Å². The van der Waals surface area contributed by atoms with Gasteiger partial charge in [0.1, 0.15) is 18.6 Å². The molecule has 0 aliphatic heterocycles. The molecule has 1 aromatic carbocycles. The number of likely N-dealkylation sites (N-methyl/N-ethyl adjacent to an activating group) is 1. The lowest BCUT2D eigenvalue weighted by Crippen LogP contribution is -2.33. The smallest absolute Gasteiger partial charge is 0.263 e. The molecule has 154 valence electrons. The number of amides is 1. The highest BCUT2D eigenvalue weighted by Gasteiger charge is 2.19. The summed E-state index contributed by atoms with van der Waals surface area (Å²) in [5, 5.41) is 0.539. The van der Waals surface area contributed by atoms with Gasteiger partial charge in [-0.1, -0.05) is 17.7 Å². The van der Waals surface area contributed by atoms with E-state index in [0.29, 0.717) is 23.3 Å². The van der Waals surface area contributed by atoms with Gasteiger partial charge < -0.3 is 9.32 Å². The van der Waals surface area contributed by atoms with Gasteiger partial charge in [-0.05, 0) is 50.6 Å². The van der Waals surface area contributed by atoms with E-state index < -0.39 is 0 Å². The molecule has 3 aromatic heterocycles. The maximum atomic E-state index is 13.2. The number of aryl methyl sites for hydroxylation is 2. The SMILES string of the molecule is Cc1ccc(-n2c(C)c(C)c3c(=O)n(CC(=O)N(C)Cc4ccco4)cnc32)cc1. The van der Waals surface area contributed by atoms with E-state index in [0.717, 1.165) is 22.5 Å². The fourth-order valence-corrected chi connectivity index (χ4v) is 3.60. The average molecular weight is 404 g/mol. The van der Waals surface area contributed by atoms with Gasteiger partial charge in [-0.25, -0.2) is 4.98 Å². The van der Waals surface area contributed by atoms with Gasteiger partial charge in [0.25, 0.3) is 5.56 Å². The normalized spacial score (nSPS) is 11.2. The van der Waals surface area contributed by atoms with Crippen LogP contribution in [0.2, 0.25) is 0 Å². The van der Waals surface area contributed by atoms with Crippen LogP contribution in [0.25, 0.3) is 16.7 Å². The Hall–Kier alpha value is -3.61. The van der Waals surface area contributed by atoms with Crippen molar-refractivity contribution in [3.63, 3.8) is 0 Å². The van der Waals surface area contributed by atoms with Crippen LogP contribution >= 0.6 is 0 Å². The predicted molar refractivity (Wildman–Crippen MR) is 115 cm³/mol. The lowest BCUT2D eigenvalue weighted by atomic mass is 10.2. The van der Waals surface area contributed by atoms with E-state index in [1.807, 2.05) is 55.7 Å². The van der Waals surface area contributed by atoms with Crippen LogP contribution in [0, 0.1) is 20.8 Å². The predicted octanol–water partition coefficient (Wildman–Crippen LogP) is 3.36. The second-order valence-electron chi connectivity index (χ2n) is 7.59. The number of carbonyl (C=O) groups is 1. The fraction of sp³-hybridized carbons (Fsp3) is 0.261. The Balaban J connectivity index is 1.69. The van der Waals surface area contributed by atoms with Crippen LogP contribution in [-0.2, 0) is 17.9 Å². The van der Waals surface area contributed by atoms with Crippen molar-refractivity contribution >= 4 is 16.9 Å². The van der Waals surface area contributed by atoms with Gasteiger partial charge in [0.15, 0.2) is 5.65 Å². The first-order valence-electron chi connectivity index (χ1n) is 9.77. The molecule has 0 saturated heterocycles. The minimum Gasteiger partial charge on any atom is -0.467 e. The third-order valence-corrected chi connectivity index (χ3v) is 5.48. The molecule has 1 amide bonds. The van der Waals surface area contributed by atoms with Crippen LogP contribution in [0.3, 0.4) is 0 Å². The molecule has 0 saturated carbocycles. The Morgan fingerprint density at radius 3 is 2.53 bits per heavy atom. The van der Waals surface area contributed by atoms with Gasteiger partial charge in [0, 0.05) is 18.4 Å². The number of furan rings is 1. The number of aromatic nitrogens is 3. The summed E-state index contributed by atoms with van der Waals surface area (Å²) in [5.41, 5.74) is 4.33. The molecule has 0 spiro atoms. The van der Waals surface area contributed by atoms with E-state index in [1.165, 1.54) is 15.8 Å². The van der Waals surface area contributed by atoms with Crippen LogP contribution < -0.4 is 5.56 Å². The van der Waals surface area contributed by atoms with Crippen molar-refractivity contribution < 1.29 is 9.21 Å². The lowest BCUT2D eigenvalue weighted by molar-refractivity contribution is -0.131. The highest BCUT2D eigenvalue weighted by Crippen LogP contribution is 2.25. The molecule has 0 unspecified atom stereocenters. The quantitative estimate of drug-likeness (QED) is 0.511. The Morgan fingerprint density at radius 2 is 1.87 bits per heavy atom. The van der Waals surface area contributed by atoms with Gasteiger partial charge in [-0.2, -0.15) is 0 Å². The molecular weight excluding hydrogens is 380 g/mol. The molecule has 0 aliphatic rings. The zero-order chi connectivity index (χ0) is 21.4. The van der Waals surface area contributed by atoms with Crippen LogP contribution in [0.4, 0.5) is 0 Å². The van der Waals surface area contributed by atoms with E-state index in [2.05, 4.69) is 4.98 Å². The molecule has 0 atom stereocenters. The third-order valence-electron chi connectivity index (χ3n) is 5.48. The first-order valence-corrected chi connectivity index (χ1v) is 9.77. The largest absolute Gasteiger partial charge is 0.467 e. The van der Waals surface area contributed by atoms with E-state index >= 15 is 0 Å². The maximum absolute atomic E-state index is 13.2. The van der Waals surface area contributed by atoms with E-state index in [9.17, 15) is 9.59 Å². The molecule has 7 heteroatoms. The van der Waals surface area contributed by atoms with E-state index in [-0.39, 0.29) is 18.0 Å². The molecule has 30 heavy (non-hydrogen) atoms. The summed E-state index contributed by atoms with van der Waals surface area (Å²) in [6.45, 7) is 6.20. The topological polar surface area (TPSA) is 73.3 Å². The zero-order valence-corrected chi connectivity index (χ0v) is 17.5. The molecule has 4 aromatic rings. The molecule has 0 aliphatic carbocycles. The molecule has 0 bridgehead atoms. The van der Waals surface area contributed by atoms with Crippen LogP contribution in [-0.4, -0.2) is 32.0 Å². The number of benzene rings is 1. The number of carbonyl (C=O) groups excluding carboxylic acids is 1. The number of hydrogen-bond donors (Lipinski definition) is 0. The summed E-state index contributed by atoms with van der Waals surface area (Å²) in [6.07, 6.45) is 3.02. The first kappa shape index (κ1) is 19.7. The van der Waals surface area contributed by atoms with E-state index in [1.54, 1.807) is 19.4 Å². The molecule has 0 fully saturated rings. The van der Waals surface area contributed by atoms with Gasteiger partial charge in [0.05, 0.1) is 18.2 Å². The minimum absolute atomic E-state index is 0.0762. The first-order chi connectivity index (χ1) is 14.4. The van der Waals surface area contributed by atoms with Crippen molar-refractivity contribution in [3.8, 4) is 5.69 Å². The molecule has 3 heterocycles. The Bertz CT molecular complexity index is 1260. The van der Waals surface area contributed by atoms with Crippen molar-refractivity contribution in [1.29, 1.82) is 0 Å². The van der Waals surface area contributed by atoms with Gasteiger partial charge >= 0.3 is 0 Å². The number of hydrogen-bond acceptors (Lipinski definition) is 4. The molecule has 4 rings (SSSR count). The van der Waals surface area contributed by atoms with E-state index in [4.69, 9.17) is 4.42 Å². The van der Waals surface area contributed by atoms with Gasteiger partial charge in [-0.15, -0.1) is 0 Å². The number of rotatable bonds is 5. The van der Waals surface area contributed by atoms with Crippen LogP contribution in [0.5, 0.6) is 0 Å². The molecular formula is C23H24N4O3. The zero-order valence-electron chi connectivity index (χ0n) is 17.5. The van der Waals surface area contributed by atoms with Crippen LogP contribution in [0.15, 0.2) is 58.2 Å². The summed E-state index contributed by atoms with van der Waals surface area (Å²) in [4.78, 5) is 31.9. The number of fused-ring (bicyclic) bond motifs is 1. The number of nitrogens with zero attached hydrogens (tertiary/aromatic N) is 4. The van der Waals surface area contributed by atoms with Crippen molar-refractivity contribution in [1.82, 2.24) is 19.0 Å². The molecule has 0 radical (unpaired) electrons. The summed E-state index contributed by atoms with van der Waals surface area (Å²) < 4.78 is 8.65. The standard InChI is InChI=1S/C23H24N4O3/c1-15-7-9-18(10-8-15)27-17(3)16(2)21-22(27)24-14-26(23(21)29)13-20(28)25(4)12-19-6-5-11-30-19/h5-11,14H,12-13H2,1-4H3. The van der Waals surface area contributed by atoms with Crippen molar-refractivity contribution in [2.45, 2.75) is 33.9 Å². The Morgan fingerprint density at radius 1 is 1.13 bits per heavy atom. The summed E-state index contributed by atoms with van der Waals surface area (Å²) in [7, 11) is 1.69. The van der Waals surface area contributed by atoms with Crippen molar-refractivity contribution in [2.24, 2.45) is 0 Å². The average Bonchev–Trinajstić information content (AvgIpc) is 3.32. The minimum atomic E-state index is -0.216. The second kappa shape index (κ2) is 7.67. The van der Waals surface area contributed by atoms with Crippen molar-refractivity contribution in [3.05, 3.63) is 81.9 Å². The summed E-state index contributed by atoms with van der Waals surface area (Å²) in [6, 6.07) is 11.7. The summed E-state index contributed by atoms with van der Waals surface area (Å²) >= 11 is 0.